The largest absolute Gasteiger partial charge is 0.349 e. The molecule has 2 unspecified atom stereocenters. The van der Waals surface area contributed by atoms with Crippen molar-refractivity contribution in [3.8, 4) is 0 Å². The second-order valence-corrected chi connectivity index (χ2v) is 4.44. The smallest absolute Gasteiger partial charge is 0.224 e. The molecule has 0 aliphatic rings. The molecule has 1 amide bonds. The third-order valence-electron chi connectivity index (χ3n) is 2.99. The average Bonchev–Trinajstić information content (AvgIpc) is 2.18. The lowest BCUT2D eigenvalue weighted by atomic mass is 10.0. The molecule has 0 radical (unpaired) electrons. The molecule has 0 aliphatic carbocycles. The van der Waals surface area contributed by atoms with Crippen LogP contribution in [0.4, 0.5) is 0 Å². The highest BCUT2D eigenvalue weighted by Crippen LogP contribution is 2.13. The van der Waals surface area contributed by atoms with Crippen molar-refractivity contribution in [2.24, 2.45) is 5.92 Å². The number of amides is 1. The van der Waals surface area contributed by atoms with Crippen LogP contribution in [0, 0.1) is 5.92 Å². The zero-order valence-electron chi connectivity index (χ0n) is 11.1. The summed E-state index contributed by atoms with van der Waals surface area (Å²) in [6.45, 7) is 10.7. The fraction of sp³-hybridized carbons (Fsp3) is 0.917. The Balaban J connectivity index is 4.16. The highest BCUT2D eigenvalue weighted by atomic mass is 16.2. The van der Waals surface area contributed by atoms with E-state index in [-0.39, 0.29) is 11.8 Å². The summed E-state index contributed by atoms with van der Waals surface area (Å²) in [4.78, 5) is 15.8. The molecule has 0 spiro atoms. The van der Waals surface area contributed by atoms with Crippen LogP contribution in [0.1, 0.15) is 34.1 Å². The van der Waals surface area contributed by atoms with Gasteiger partial charge in [0.2, 0.25) is 5.91 Å². The minimum absolute atomic E-state index is 0.121. The van der Waals surface area contributed by atoms with E-state index in [1.54, 1.807) is 4.90 Å². The molecule has 0 bridgehead atoms. The second-order valence-electron chi connectivity index (χ2n) is 4.44. The van der Waals surface area contributed by atoms with Crippen LogP contribution in [0.15, 0.2) is 0 Å². The van der Waals surface area contributed by atoms with Gasteiger partial charge in [0.15, 0.2) is 0 Å². The van der Waals surface area contributed by atoms with Crippen LogP contribution in [-0.2, 0) is 4.79 Å². The molecule has 0 aromatic heterocycles. The van der Waals surface area contributed by atoms with E-state index < -0.39 is 0 Å². The molecule has 90 valence electrons. The lowest BCUT2D eigenvalue weighted by Crippen LogP contribution is -2.37. The van der Waals surface area contributed by atoms with Gasteiger partial charge in [-0.2, -0.15) is 0 Å². The Morgan fingerprint density at radius 2 is 1.60 bits per heavy atom. The first-order valence-electron chi connectivity index (χ1n) is 5.89. The van der Waals surface area contributed by atoms with Crippen LogP contribution in [0.2, 0.25) is 0 Å². The first kappa shape index (κ1) is 14.4. The number of rotatable bonds is 6. The van der Waals surface area contributed by atoms with E-state index in [0.29, 0.717) is 6.04 Å². The summed E-state index contributed by atoms with van der Waals surface area (Å²) in [5, 5.41) is 0. The first-order chi connectivity index (χ1) is 6.93. The molecule has 0 heterocycles. The van der Waals surface area contributed by atoms with Gasteiger partial charge in [-0.15, -0.1) is 0 Å². The predicted molar refractivity (Wildman–Crippen MR) is 64.9 cm³/mol. The van der Waals surface area contributed by atoms with Crippen molar-refractivity contribution in [3.05, 3.63) is 0 Å². The van der Waals surface area contributed by atoms with E-state index in [2.05, 4.69) is 25.7 Å². The SMILES string of the molecule is CCN(CC)C(C)CC(C)C(=O)N(C)C. The van der Waals surface area contributed by atoms with Gasteiger partial charge in [-0.05, 0) is 26.4 Å². The lowest BCUT2D eigenvalue weighted by Gasteiger charge is -2.29. The van der Waals surface area contributed by atoms with E-state index >= 15 is 0 Å². The van der Waals surface area contributed by atoms with Gasteiger partial charge < -0.3 is 9.80 Å². The molecule has 3 nitrogen and oxygen atoms in total. The Labute approximate surface area is 94.4 Å². The van der Waals surface area contributed by atoms with Gasteiger partial charge in [0.1, 0.15) is 0 Å². The molecular formula is C12H26N2O. The van der Waals surface area contributed by atoms with Crippen molar-refractivity contribution in [2.75, 3.05) is 27.2 Å². The topological polar surface area (TPSA) is 23.6 Å². The fourth-order valence-electron chi connectivity index (χ4n) is 2.05. The number of hydrogen-bond acceptors (Lipinski definition) is 2. The van der Waals surface area contributed by atoms with Crippen molar-refractivity contribution in [3.63, 3.8) is 0 Å². The van der Waals surface area contributed by atoms with Gasteiger partial charge in [0.25, 0.3) is 0 Å². The number of carbonyl (C=O) groups is 1. The molecule has 3 heteroatoms. The maximum Gasteiger partial charge on any atom is 0.224 e. The van der Waals surface area contributed by atoms with E-state index in [9.17, 15) is 4.79 Å². The maximum absolute atomic E-state index is 11.7. The lowest BCUT2D eigenvalue weighted by molar-refractivity contribution is -0.133. The van der Waals surface area contributed by atoms with Crippen molar-refractivity contribution in [1.29, 1.82) is 0 Å². The Bertz CT molecular complexity index is 188. The van der Waals surface area contributed by atoms with Gasteiger partial charge in [-0.1, -0.05) is 20.8 Å². The normalized spacial score (nSPS) is 15.1. The predicted octanol–water partition coefficient (Wildman–Crippen LogP) is 1.83. The fourth-order valence-corrected chi connectivity index (χ4v) is 2.05. The van der Waals surface area contributed by atoms with Crippen LogP contribution < -0.4 is 0 Å². The Hall–Kier alpha value is -0.570. The summed E-state index contributed by atoms with van der Waals surface area (Å²) >= 11 is 0. The molecular weight excluding hydrogens is 188 g/mol. The van der Waals surface area contributed by atoms with Crippen molar-refractivity contribution >= 4 is 5.91 Å². The summed E-state index contributed by atoms with van der Waals surface area (Å²) < 4.78 is 0. The molecule has 0 aromatic rings. The molecule has 0 N–H and O–H groups in total. The summed E-state index contributed by atoms with van der Waals surface area (Å²) in [5.74, 6) is 0.351. The van der Waals surface area contributed by atoms with Gasteiger partial charge in [-0.3, -0.25) is 4.79 Å². The van der Waals surface area contributed by atoms with E-state index in [0.717, 1.165) is 19.5 Å². The van der Waals surface area contributed by atoms with E-state index in [1.807, 2.05) is 21.0 Å². The Morgan fingerprint density at radius 1 is 1.13 bits per heavy atom. The Kier molecular flexibility index (Phi) is 6.57. The minimum Gasteiger partial charge on any atom is -0.349 e. The monoisotopic (exact) mass is 214 g/mol. The standard InChI is InChI=1S/C12H26N2O/c1-7-14(8-2)11(4)9-10(3)12(15)13(5)6/h10-11H,7-9H2,1-6H3. The zero-order valence-corrected chi connectivity index (χ0v) is 11.1. The quantitative estimate of drug-likeness (QED) is 0.673. The number of nitrogens with zero attached hydrogens (tertiary/aromatic N) is 2. The summed E-state index contributed by atoms with van der Waals surface area (Å²) in [7, 11) is 3.64. The molecule has 0 fully saturated rings. The first-order valence-corrected chi connectivity index (χ1v) is 5.89. The van der Waals surface area contributed by atoms with E-state index in [1.165, 1.54) is 0 Å². The van der Waals surface area contributed by atoms with Crippen LogP contribution in [-0.4, -0.2) is 48.9 Å². The third-order valence-corrected chi connectivity index (χ3v) is 2.99. The molecule has 0 aromatic carbocycles. The molecule has 0 rings (SSSR count). The second kappa shape index (κ2) is 6.83. The molecule has 2 atom stereocenters. The van der Waals surface area contributed by atoms with Crippen LogP contribution in [0.25, 0.3) is 0 Å². The van der Waals surface area contributed by atoms with Crippen LogP contribution in [0.3, 0.4) is 0 Å². The number of hydrogen-bond donors (Lipinski definition) is 0. The molecule has 0 aliphatic heterocycles. The van der Waals surface area contributed by atoms with Gasteiger partial charge >= 0.3 is 0 Å². The maximum atomic E-state index is 11.7. The van der Waals surface area contributed by atoms with Crippen LogP contribution in [0.5, 0.6) is 0 Å². The molecule has 0 saturated carbocycles. The van der Waals surface area contributed by atoms with Gasteiger partial charge in [-0.25, -0.2) is 0 Å². The molecule has 0 saturated heterocycles. The highest BCUT2D eigenvalue weighted by Gasteiger charge is 2.20. The number of carbonyl (C=O) groups excluding carboxylic acids is 1. The van der Waals surface area contributed by atoms with Crippen molar-refractivity contribution in [2.45, 2.75) is 40.2 Å². The summed E-state index contributed by atoms with van der Waals surface area (Å²) in [5.41, 5.74) is 0. The van der Waals surface area contributed by atoms with Crippen molar-refractivity contribution in [1.82, 2.24) is 9.80 Å². The molecule has 15 heavy (non-hydrogen) atoms. The van der Waals surface area contributed by atoms with Gasteiger partial charge in [0.05, 0.1) is 0 Å². The van der Waals surface area contributed by atoms with Gasteiger partial charge in [0, 0.05) is 26.1 Å². The highest BCUT2D eigenvalue weighted by molar-refractivity contribution is 5.77. The van der Waals surface area contributed by atoms with E-state index in [4.69, 9.17) is 0 Å². The minimum atomic E-state index is 0.121. The average molecular weight is 214 g/mol. The zero-order chi connectivity index (χ0) is 12.0. The Morgan fingerprint density at radius 3 is 1.93 bits per heavy atom. The third kappa shape index (κ3) is 4.65. The summed E-state index contributed by atoms with van der Waals surface area (Å²) in [6.07, 6.45) is 0.943. The van der Waals surface area contributed by atoms with Crippen LogP contribution >= 0.6 is 0 Å². The summed E-state index contributed by atoms with van der Waals surface area (Å²) in [6, 6.07) is 0.485. The van der Waals surface area contributed by atoms with Crippen molar-refractivity contribution < 1.29 is 4.79 Å².